The number of sulfone groups is 1. The summed E-state index contributed by atoms with van der Waals surface area (Å²) in [5, 5.41) is 3.08. The minimum Gasteiger partial charge on any atom is -0.368 e. The molecule has 1 aliphatic carbocycles. The molecule has 1 saturated carbocycles. The van der Waals surface area contributed by atoms with Gasteiger partial charge in [0.15, 0.2) is 9.84 Å². The van der Waals surface area contributed by atoms with Crippen LogP contribution in [0.25, 0.3) is 0 Å². The molecule has 1 aliphatic rings. The molecule has 0 radical (unpaired) electrons. The Hall–Kier alpha value is -1.11. The zero-order valence-corrected chi connectivity index (χ0v) is 14.0. The first-order valence-electron chi connectivity index (χ1n) is 7.26. The van der Waals surface area contributed by atoms with E-state index in [1.54, 1.807) is 6.92 Å². The minimum absolute atomic E-state index is 0.0565. The molecule has 0 aromatic heterocycles. The number of carbonyl (C=O) groups is 1. The number of rotatable bonds is 8. The van der Waals surface area contributed by atoms with Gasteiger partial charge in [0.05, 0.1) is 17.3 Å². The van der Waals surface area contributed by atoms with E-state index in [9.17, 15) is 13.2 Å². The zero-order valence-electron chi connectivity index (χ0n) is 12.4. The summed E-state index contributed by atoms with van der Waals surface area (Å²) < 4.78 is 29.6. The molecule has 1 aromatic carbocycles. The summed E-state index contributed by atoms with van der Waals surface area (Å²) in [6.45, 7) is 2.32. The Bertz CT molecular complexity index is 611. The number of carbonyl (C=O) groups excluding carboxylic acids is 1. The number of halogens is 1. The Morgan fingerprint density at radius 1 is 1.36 bits per heavy atom. The average molecular weight is 346 g/mol. The van der Waals surface area contributed by atoms with E-state index in [0.717, 1.165) is 12.8 Å². The smallest absolute Gasteiger partial charge is 0.248 e. The Labute approximate surface area is 135 Å². The van der Waals surface area contributed by atoms with Gasteiger partial charge < -0.3 is 10.1 Å². The molecule has 122 valence electrons. The van der Waals surface area contributed by atoms with Crippen LogP contribution in [0, 0.1) is 5.92 Å². The number of amides is 1. The summed E-state index contributed by atoms with van der Waals surface area (Å²) >= 11 is 5.73. The molecule has 0 aliphatic heterocycles. The van der Waals surface area contributed by atoms with Gasteiger partial charge in [0.1, 0.15) is 6.10 Å². The van der Waals surface area contributed by atoms with Crippen LogP contribution in [0.1, 0.15) is 19.8 Å². The third-order valence-corrected chi connectivity index (χ3v) is 5.47. The van der Waals surface area contributed by atoms with Crippen LogP contribution in [0.5, 0.6) is 0 Å². The second-order valence-electron chi connectivity index (χ2n) is 5.48. The summed E-state index contributed by atoms with van der Waals surface area (Å²) in [4.78, 5) is 12.0. The Morgan fingerprint density at radius 3 is 2.59 bits per heavy atom. The summed E-state index contributed by atoms with van der Waals surface area (Å²) in [6.07, 6.45) is 1.76. The van der Waals surface area contributed by atoms with Crippen molar-refractivity contribution in [2.45, 2.75) is 30.8 Å². The SMILES string of the molecule is C[C@H](OCC1CC1)C(=O)NCCS(=O)(=O)c1ccc(Cl)cc1. The molecule has 1 aromatic rings. The predicted molar refractivity (Wildman–Crippen MR) is 84.7 cm³/mol. The lowest BCUT2D eigenvalue weighted by molar-refractivity contribution is -0.131. The fourth-order valence-corrected chi connectivity index (χ4v) is 3.14. The van der Waals surface area contributed by atoms with Crippen molar-refractivity contribution in [3.05, 3.63) is 29.3 Å². The maximum Gasteiger partial charge on any atom is 0.248 e. The van der Waals surface area contributed by atoms with Crippen LogP contribution in [0.4, 0.5) is 0 Å². The Kier molecular flexibility index (Phi) is 5.83. The van der Waals surface area contributed by atoms with Gasteiger partial charge in [-0.05, 0) is 49.9 Å². The second-order valence-corrected chi connectivity index (χ2v) is 8.03. The standard InChI is InChI=1S/C15H20ClNO4S/c1-11(21-10-12-2-3-12)15(18)17-8-9-22(19,20)14-6-4-13(16)5-7-14/h4-7,11-12H,2-3,8-10H2,1H3,(H,17,18)/t11-/m0/s1. The summed E-state index contributed by atoms with van der Waals surface area (Å²) in [7, 11) is -3.43. The topological polar surface area (TPSA) is 72.5 Å². The van der Waals surface area contributed by atoms with E-state index < -0.39 is 15.9 Å². The van der Waals surface area contributed by atoms with Crippen molar-refractivity contribution in [3.63, 3.8) is 0 Å². The van der Waals surface area contributed by atoms with Crippen molar-refractivity contribution in [3.8, 4) is 0 Å². The summed E-state index contributed by atoms with van der Waals surface area (Å²) in [6, 6.07) is 5.98. The first-order chi connectivity index (χ1) is 10.4. The largest absolute Gasteiger partial charge is 0.368 e. The van der Waals surface area contributed by atoms with Crippen molar-refractivity contribution >= 4 is 27.3 Å². The fourth-order valence-electron chi connectivity index (χ4n) is 1.85. The average Bonchev–Trinajstić information content (AvgIpc) is 3.29. The lowest BCUT2D eigenvalue weighted by atomic mass is 10.3. The molecule has 7 heteroatoms. The number of hydrogen-bond acceptors (Lipinski definition) is 4. The fraction of sp³-hybridized carbons (Fsp3) is 0.533. The van der Waals surface area contributed by atoms with Gasteiger partial charge in [-0.3, -0.25) is 4.79 Å². The molecule has 0 bridgehead atoms. The normalized spacial score (nSPS) is 16.3. The van der Waals surface area contributed by atoms with E-state index in [2.05, 4.69) is 5.32 Å². The van der Waals surface area contributed by atoms with Crippen LogP contribution >= 0.6 is 11.6 Å². The first-order valence-corrected chi connectivity index (χ1v) is 9.29. The van der Waals surface area contributed by atoms with Gasteiger partial charge in [-0.25, -0.2) is 8.42 Å². The van der Waals surface area contributed by atoms with Crippen molar-refractivity contribution in [1.82, 2.24) is 5.32 Å². The molecule has 0 saturated heterocycles. The molecule has 1 amide bonds. The molecule has 5 nitrogen and oxygen atoms in total. The van der Waals surface area contributed by atoms with E-state index in [1.807, 2.05) is 0 Å². The van der Waals surface area contributed by atoms with Crippen LogP contribution in [0.15, 0.2) is 29.2 Å². The van der Waals surface area contributed by atoms with Gasteiger partial charge in [-0.1, -0.05) is 11.6 Å². The summed E-state index contributed by atoms with van der Waals surface area (Å²) in [5.74, 6) is 0.142. The monoisotopic (exact) mass is 345 g/mol. The van der Waals surface area contributed by atoms with E-state index in [0.29, 0.717) is 17.5 Å². The number of ether oxygens (including phenoxy) is 1. The van der Waals surface area contributed by atoms with Crippen LogP contribution in [0.2, 0.25) is 5.02 Å². The lowest BCUT2D eigenvalue weighted by Crippen LogP contribution is -2.37. The quantitative estimate of drug-likeness (QED) is 0.782. The van der Waals surface area contributed by atoms with Crippen LogP contribution in [0.3, 0.4) is 0 Å². The Morgan fingerprint density at radius 2 is 2.00 bits per heavy atom. The number of benzene rings is 1. The maximum absolute atomic E-state index is 12.1. The molecule has 0 unspecified atom stereocenters. The predicted octanol–water partition coefficient (Wildman–Crippen LogP) is 2.04. The van der Waals surface area contributed by atoms with Crippen LogP contribution in [-0.4, -0.2) is 39.3 Å². The van der Waals surface area contributed by atoms with E-state index >= 15 is 0 Å². The van der Waals surface area contributed by atoms with Crippen LogP contribution in [-0.2, 0) is 19.4 Å². The molecule has 1 N–H and O–H groups in total. The van der Waals surface area contributed by atoms with Gasteiger partial charge in [0, 0.05) is 11.6 Å². The van der Waals surface area contributed by atoms with E-state index in [4.69, 9.17) is 16.3 Å². The van der Waals surface area contributed by atoms with Gasteiger partial charge in [0.2, 0.25) is 5.91 Å². The highest BCUT2D eigenvalue weighted by Gasteiger charge is 2.24. The Balaban J connectivity index is 1.76. The third-order valence-electron chi connectivity index (χ3n) is 3.49. The van der Waals surface area contributed by atoms with Crippen LogP contribution < -0.4 is 5.32 Å². The van der Waals surface area contributed by atoms with Gasteiger partial charge in [-0.15, -0.1) is 0 Å². The van der Waals surface area contributed by atoms with Crippen molar-refractivity contribution in [2.24, 2.45) is 5.92 Å². The number of hydrogen-bond donors (Lipinski definition) is 1. The van der Waals surface area contributed by atoms with E-state index in [-0.39, 0.29) is 23.1 Å². The van der Waals surface area contributed by atoms with Gasteiger partial charge in [0.25, 0.3) is 0 Å². The molecular formula is C15H20ClNO4S. The van der Waals surface area contributed by atoms with Crippen molar-refractivity contribution < 1.29 is 17.9 Å². The maximum atomic E-state index is 12.1. The van der Waals surface area contributed by atoms with Gasteiger partial charge in [-0.2, -0.15) is 0 Å². The summed E-state index contributed by atoms with van der Waals surface area (Å²) in [5.41, 5.74) is 0. The molecule has 22 heavy (non-hydrogen) atoms. The zero-order chi connectivity index (χ0) is 16.2. The van der Waals surface area contributed by atoms with Gasteiger partial charge >= 0.3 is 0 Å². The minimum atomic E-state index is -3.43. The lowest BCUT2D eigenvalue weighted by Gasteiger charge is -2.13. The highest BCUT2D eigenvalue weighted by atomic mass is 35.5. The highest BCUT2D eigenvalue weighted by molar-refractivity contribution is 7.91. The van der Waals surface area contributed by atoms with Crippen molar-refractivity contribution in [1.29, 1.82) is 0 Å². The molecular weight excluding hydrogens is 326 g/mol. The number of nitrogens with one attached hydrogen (secondary N) is 1. The molecule has 0 heterocycles. The molecule has 1 fully saturated rings. The van der Waals surface area contributed by atoms with Crippen molar-refractivity contribution in [2.75, 3.05) is 18.9 Å². The molecule has 0 spiro atoms. The highest BCUT2D eigenvalue weighted by Crippen LogP contribution is 2.29. The van der Waals surface area contributed by atoms with E-state index in [1.165, 1.54) is 24.3 Å². The molecule has 1 atom stereocenters. The first kappa shape index (κ1) is 17.2. The second kappa shape index (κ2) is 7.44. The third kappa shape index (κ3) is 5.26. The molecule has 2 rings (SSSR count).